The second-order valence-corrected chi connectivity index (χ2v) is 5.45. The Morgan fingerprint density at radius 1 is 1.28 bits per heavy atom. The number of nitrogens with one attached hydrogen (secondary N) is 2. The van der Waals surface area contributed by atoms with E-state index >= 15 is 0 Å². The Bertz CT molecular complexity index is 562. The fraction of sp³-hybridized carbons (Fsp3) is 0.364. The van der Waals surface area contributed by atoms with E-state index in [1.165, 1.54) is 4.31 Å². The third kappa shape index (κ3) is 2.83. The quantitative estimate of drug-likeness (QED) is 0.683. The van der Waals surface area contributed by atoms with Gasteiger partial charge in [0.15, 0.2) is 0 Å². The zero-order valence-corrected chi connectivity index (χ0v) is 10.6. The summed E-state index contributed by atoms with van der Waals surface area (Å²) in [5, 5.41) is 10.2. The molecule has 96 valence electrons. The Hall–Kier alpha value is -1.53. The summed E-state index contributed by atoms with van der Waals surface area (Å²) in [4.78, 5) is 0. The Morgan fingerprint density at radius 3 is 2.61 bits per heavy atom. The van der Waals surface area contributed by atoms with E-state index < -0.39 is 10.2 Å². The Balaban J connectivity index is 2.28. The lowest BCUT2D eigenvalue weighted by molar-refractivity contribution is 0.361. The summed E-state index contributed by atoms with van der Waals surface area (Å²) in [6.45, 7) is 2.10. The van der Waals surface area contributed by atoms with Crippen molar-refractivity contribution in [3.63, 3.8) is 0 Å². The summed E-state index contributed by atoms with van der Waals surface area (Å²) in [5.41, 5.74) is 0.627. The lowest BCUT2D eigenvalue weighted by Gasteiger charge is -2.24. The van der Waals surface area contributed by atoms with Gasteiger partial charge in [0.05, 0.1) is 11.3 Å². The van der Waals surface area contributed by atoms with Gasteiger partial charge in [-0.2, -0.15) is 12.7 Å². The van der Waals surface area contributed by atoms with Crippen molar-refractivity contribution in [3.05, 3.63) is 29.9 Å². The number of hydrogen-bond donors (Lipinski definition) is 2. The first-order valence-corrected chi connectivity index (χ1v) is 6.99. The van der Waals surface area contributed by atoms with E-state index in [0.29, 0.717) is 31.8 Å². The molecule has 0 radical (unpaired) electrons. The number of allylic oxidation sites excluding steroid dienone is 5. The maximum absolute atomic E-state index is 12.1. The maximum Gasteiger partial charge on any atom is 0.322 e. The molecule has 18 heavy (non-hydrogen) atoms. The molecule has 1 saturated heterocycles. The van der Waals surface area contributed by atoms with Gasteiger partial charge in [0.2, 0.25) is 0 Å². The molecule has 0 atom stereocenters. The van der Waals surface area contributed by atoms with Gasteiger partial charge >= 0.3 is 10.2 Å². The van der Waals surface area contributed by atoms with E-state index in [4.69, 9.17) is 5.41 Å². The molecule has 0 spiro atoms. The smallest absolute Gasteiger partial charge is 0.314 e. The van der Waals surface area contributed by atoms with Crippen molar-refractivity contribution in [3.8, 4) is 0 Å². The second kappa shape index (κ2) is 5.41. The first-order valence-electron chi connectivity index (χ1n) is 5.59. The average Bonchev–Trinajstić information content (AvgIpc) is 2.40. The highest BCUT2D eigenvalue weighted by Crippen LogP contribution is 2.11. The summed E-state index contributed by atoms with van der Waals surface area (Å²) in [7, 11) is -3.67. The minimum Gasteiger partial charge on any atom is -0.314 e. The Morgan fingerprint density at radius 2 is 1.94 bits per heavy atom. The first kappa shape index (κ1) is 12.9. The fourth-order valence-electron chi connectivity index (χ4n) is 1.72. The van der Waals surface area contributed by atoms with Crippen molar-refractivity contribution < 1.29 is 8.42 Å². The van der Waals surface area contributed by atoms with Gasteiger partial charge in [0.1, 0.15) is 0 Å². The van der Waals surface area contributed by atoms with Gasteiger partial charge in [-0.25, -0.2) is 0 Å². The van der Waals surface area contributed by atoms with Crippen LogP contribution in [-0.2, 0) is 10.2 Å². The third-order valence-electron chi connectivity index (χ3n) is 2.65. The zero-order valence-electron chi connectivity index (χ0n) is 9.76. The molecule has 0 aromatic carbocycles. The molecule has 0 aromatic heterocycles. The lowest BCUT2D eigenvalue weighted by atomic mass is 10.1. The van der Waals surface area contributed by atoms with Gasteiger partial charge in [-0.1, -0.05) is 12.2 Å². The number of nitrogens with zero attached hydrogens (tertiary/aromatic N) is 2. The van der Waals surface area contributed by atoms with E-state index in [9.17, 15) is 8.42 Å². The lowest BCUT2D eigenvalue weighted by Crippen LogP contribution is -2.45. The highest BCUT2D eigenvalue weighted by atomic mass is 32.2. The Labute approximate surface area is 106 Å². The summed E-state index contributed by atoms with van der Waals surface area (Å²) < 4.78 is 29.2. The highest BCUT2D eigenvalue weighted by Gasteiger charge is 2.23. The summed E-state index contributed by atoms with van der Waals surface area (Å²) in [6, 6.07) is 0. The zero-order chi connectivity index (χ0) is 13.0. The molecule has 1 aliphatic heterocycles. The van der Waals surface area contributed by atoms with Crippen LogP contribution in [0.4, 0.5) is 0 Å². The topological polar surface area (TPSA) is 85.6 Å². The molecule has 1 aliphatic carbocycles. The molecule has 2 N–H and O–H groups in total. The van der Waals surface area contributed by atoms with Gasteiger partial charge in [0, 0.05) is 26.2 Å². The number of rotatable bonds is 2. The van der Waals surface area contributed by atoms with Crippen LogP contribution in [0.5, 0.6) is 0 Å². The minimum atomic E-state index is -3.67. The summed E-state index contributed by atoms with van der Waals surface area (Å²) in [6.07, 6.45) is 6.58. The number of piperazine rings is 1. The predicted octanol–water partition coefficient (Wildman–Crippen LogP) is -0.122. The molecule has 1 fully saturated rings. The molecule has 0 aromatic rings. The molecule has 0 unspecified atom stereocenters. The Kier molecular flexibility index (Phi) is 3.88. The third-order valence-corrected chi connectivity index (χ3v) is 4.10. The van der Waals surface area contributed by atoms with Gasteiger partial charge < -0.3 is 5.32 Å². The molecule has 6 nitrogen and oxygen atoms in total. The molecule has 1 heterocycles. The van der Waals surface area contributed by atoms with Crippen molar-refractivity contribution >= 4 is 21.8 Å². The van der Waals surface area contributed by atoms with E-state index in [-0.39, 0.29) is 5.71 Å². The van der Waals surface area contributed by atoms with Crippen molar-refractivity contribution in [1.29, 1.82) is 5.41 Å². The van der Waals surface area contributed by atoms with Gasteiger partial charge in [-0.15, -0.1) is 4.40 Å². The molecule has 7 heteroatoms. The molecule has 0 amide bonds. The summed E-state index contributed by atoms with van der Waals surface area (Å²) >= 11 is 0. The molecular formula is C11H14N4O2S. The number of hydrogen-bond acceptors (Lipinski definition) is 4. The van der Waals surface area contributed by atoms with Crippen LogP contribution in [0.2, 0.25) is 0 Å². The second-order valence-electron chi connectivity index (χ2n) is 3.86. The van der Waals surface area contributed by atoms with Crippen molar-refractivity contribution in [2.75, 3.05) is 26.2 Å². The monoisotopic (exact) mass is 266 g/mol. The van der Waals surface area contributed by atoms with Crippen LogP contribution in [0.3, 0.4) is 0 Å². The van der Waals surface area contributed by atoms with Crippen molar-refractivity contribution in [2.45, 2.75) is 0 Å². The minimum absolute atomic E-state index is 0.256. The molecule has 2 rings (SSSR count). The molecule has 0 saturated carbocycles. The van der Waals surface area contributed by atoms with E-state index in [1.54, 1.807) is 24.3 Å². The average molecular weight is 266 g/mol. The van der Waals surface area contributed by atoms with Crippen molar-refractivity contribution in [2.24, 2.45) is 4.40 Å². The SMILES string of the molecule is N=C=C1C=CC=C/C1=N/S(=O)(=O)N1CCNCC1. The standard InChI is InChI=1S/C11H14N4O2S/c12-9-10-3-1-2-4-11(10)14-18(16,17)15-7-5-13-6-8-15/h1-4,12-13H,5-8H2/b14-11-. The summed E-state index contributed by atoms with van der Waals surface area (Å²) in [5.74, 6) is 2.18. The van der Waals surface area contributed by atoms with Crippen LogP contribution in [0.15, 0.2) is 34.3 Å². The van der Waals surface area contributed by atoms with Crippen LogP contribution in [0.25, 0.3) is 0 Å². The van der Waals surface area contributed by atoms with Crippen molar-refractivity contribution in [1.82, 2.24) is 9.62 Å². The van der Waals surface area contributed by atoms with E-state index in [1.807, 2.05) is 0 Å². The largest absolute Gasteiger partial charge is 0.322 e. The van der Waals surface area contributed by atoms with Crippen LogP contribution in [-0.4, -0.2) is 50.5 Å². The normalized spacial score (nSPS) is 23.3. The predicted molar refractivity (Wildman–Crippen MR) is 70.3 cm³/mol. The van der Waals surface area contributed by atoms with E-state index in [0.717, 1.165) is 0 Å². The van der Waals surface area contributed by atoms with Crippen LogP contribution in [0.1, 0.15) is 0 Å². The van der Waals surface area contributed by atoms with Gasteiger partial charge in [-0.05, 0) is 18.0 Å². The molecule has 2 aliphatic rings. The molecule has 0 bridgehead atoms. The fourth-order valence-corrected chi connectivity index (χ4v) is 2.88. The van der Waals surface area contributed by atoms with Gasteiger partial charge in [-0.3, -0.25) is 5.41 Å². The van der Waals surface area contributed by atoms with Crippen LogP contribution >= 0.6 is 0 Å². The first-order chi connectivity index (χ1) is 8.63. The maximum atomic E-state index is 12.1. The van der Waals surface area contributed by atoms with Gasteiger partial charge in [0.25, 0.3) is 0 Å². The van der Waals surface area contributed by atoms with Crippen LogP contribution < -0.4 is 5.32 Å². The van der Waals surface area contributed by atoms with Crippen LogP contribution in [0, 0.1) is 5.41 Å². The molecular weight excluding hydrogens is 252 g/mol. The van der Waals surface area contributed by atoms with E-state index in [2.05, 4.69) is 15.6 Å². The highest BCUT2D eigenvalue weighted by molar-refractivity contribution is 7.88.